The molecule has 76 heavy (non-hydrogen) atoms. The van der Waals surface area contributed by atoms with Gasteiger partial charge in [0.2, 0.25) is 17.7 Å². The smallest absolute Gasteiger partial charge is 0.417 e. The van der Waals surface area contributed by atoms with Crippen LogP contribution < -0.4 is 10.6 Å². The fourth-order valence-electron chi connectivity index (χ4n) is 7.71. The second-order valence-corrected chi connectivity index (χ2v) is 20.6. The van der Waals surface area contributed by atoms with Crippen LogP contribution in [0.2, 0.25) is 0 Å². The van der Waals surface area contributed by atoms with E-state index in [1.165, 1.54) is 4.90 Å². The number of ether oxygens (including phenoxy) is 7. The van der Waals surface area contributed by atoms with Crippen molar-refractivity contribution < 1.29 is 96.1 Å². The zero-order valence-corrected chi connectivity index (χ0v) is 46.5. The van der Waals surface area contributed by atoms with Crippen molar-refractivity contribution in [3.8, 4) is 0 Å². The Morgan fingerprint density at radius 1 is 0.539 bits per heavy atom. The van der Waals surface area contributed by atoms with Gasteiger partial charge in [0, 0.05) is 25.3 Å². The summed E-state index contributed by atoms with van der Waals surface area (Å²) in [7, 11) is 0. The maximum Gasteiger partial charge on any atom is 0.417 e. The first-order valence-electron chi connectivity index (χ1n) is 25.6. The molecule has 5 rings (SSSR count). The number of rotatable bonds is 11. The van der Waals surface area contributed by atoms with Crippen LogP contribution in [-0.4, -0.2) is 176 Å². The van der Waals surface area contributed by atoms with Crippen LogP contribution in [0.5, 0.6) is 0 Å². The molecule has 0 saturated carbocycles. The summed E-state index contributed by atoms with van der Waals surface area (Å²) in [4.78, 5) is 129. The van der Waals surface area contributed by atoms with E-state index in [1.54, 1.807) is 75.3 Å². The number of likely N-dealkylation sites (tertiary alicyclic amines) is 3. The van der Waals surface area contributed by atoms with Crippen LogP contribution in [0.3, 0.4) is 0 Å². The molecule has 5 aliphatic heterocycles. The van der Waals surface area contributed by atoms with Gasteiger partial charge in [0.1, 0.15) is 53.2 Å². The van der Waals surface area contributed by atoms with Gasteiger partial charge in [0.05, 0.1) is 26.4 Å². The lowest BCUT2D eigenvalue weighted by molar-refractivity contribution is -0.151. The monoisotopic (exact) mass is 1090 g/mol. The molecule has 432 valence electrons. The molecule has 6 amide bonds. The lowest BCUT2D eigenvalue weighted by atomic mass is 10.1. The Morgan fingerprint density at radius 3 is 1.33 bits per heavy atom. The van der Waals surface area contributed by atoms with Gasteiger partial charge in [-0.05, 0) is 141 Å². The number of nitrogens with one attached hydrogen (secondary N) is 2. The van der Waals surface area contributed by atoms with Crippen LogP contribution in [0.4, 0.5) is 14.4 Å². The molecule has 0 aromatic heterocycles. The molecule has 4 N–H and O–H groups in total. The minimum atomic E-state index is -0.991. The predicted octanol–water partition coefficient (Wildman–Crippen LogP) is 4.81. The van der Waals surface area contributed by atoms with Crippen LogP contribution in [-0.2, 0) is 71.5 Å². The van der Waals surface area contributed by atoms with E-state index in [2.05, 4.69) is 17.2 Å². The molecule has 0 aromatic carbocycles. The molecule has 5 fully saturated rings. The highest BCUT2D eigenvalue weighted by Gasteiger charge is 2.45. The van der Waals surface area contributed by atoms with E-state index >= 15 is 0 Å². The number of hydrogen-bond acceptors (Lipinski definition) is 19. The quantitative estimate of drug-likeness (QED) is 0.122. The highest BCUT2D eigenvalue weighted by Crippen LogP contribution is 2.30. The van der Waals surface area contributed by atoms with Crippen LogP contribution in [0.25, 0.3) is 0 Å². The van der Waals surface area contributed by atoms with E-state index in [0.29, 0.717) is 64.6 Å². The standard InChI is InChI=1S/C15H25NO4.C12H21NO5.C12H19NO5.C7H11NO3.C5H7NO3/c1-6-8-11-9-10-12(13(17)19-7-2)16(11)14(18)20-15(3,4)5;2*1-5-17-10(15)8-6-7-9(14)13(8)11(16)18-12(2,3)4;1-2-11-7(10)5-3-4-6(9)8-5;7-4-2-1-3(6-4)5(8)9/h6,11-12H,1,7-10H2,2-5H3;8-9,14H,5-7H2,1-4H3;8H,5-7H2,1-4H3;5H,2-4H2,1H3,(H,8,9);3H,1-2H2,(H,6,7)(H,8,9)/t11?,12-;8-,9?;8-;5-;3-/m00000/s1. The fraction of sp³-hybridized carbons (Fsp3) is 0.745. The van der Waals surface area contributed by atoms with Crippen molar-refractivity contribution in [2.45, 2.75) is 220 Å². The molecule has 0 aliphatic carbocycles. The largest absolute Gasteiger partial charge is 0.480 e. The van der Waals surface area contributed by atoms with Gasteiger partial charge in [-0.2, -0.15) is 0 Å². The van der Waals surface area contributed by atoms with Gasteiger partial charge < -0.3 is 54.0 Å². The Bertz CT molecular complexity index is 2030. The predicted molar refractivity (Wildman–Crippen MR) is 269 cm³/mol. The SMILES string of the molecule is C=CCC1CC[C@@H](C(=O)OCC)N1C(=O)OC(C)(C)C.CCOC(=O)[C@@H]1CCC(=O)N1.CCOC(=O)[C@@H]1CCC(=O)N1C(=O)OC(C)(C)C.CCOC(=O)[C@@H]1CCC(O)N1C(=O)OC(C)(C)C.O=C1CC[C@@H](C(=O)O)N1. The molecular weight excluding hydrogens is 1000 g/mol. The summed E-state index contributed by atoms with van der Waals surface area (Å²) in [6.07, 6.45) is 3.80. The van der Waals surface area contributed by atoms with Crippen molar-refractivity contribution in [2.75, 3.05) is 26.4 Å². The summed E-state index contributed by atoms with van der Waals surface area (Å²) in [6.45, 7) is 27.4. The number of carbonyl (C=O) groups excluding carboxylic acids is 10. The maximum absolute atomic E-state index is 12.3. The van der Waals surface area contributed by atoms with Crippen molar-refractivity contribution in [1.82, 2.24) is 25.3 Å². The first-order valence-corrected chi connectivity index (χ1v) is 25.6. The molecule has 2 unspecified atom stereocenters. The number of aliphatic hydroxyl groups excluding tert-OH is 1. The average Bonchev–Trinajstić information content (AvgIpc) is 4.15. The van der Waals surface area contributed by atoms with Crippen LogP contribution >= 0.6 is 0 Å². The molecule has 5 aliphatic rings. The summed E-state index contributed by atoms with van der Waals surface area (Å²) >= 11 is 0. The summed E-state index contributed by atoms with van der Waals surface area (Å²) in [5, 5.41) is 22.9. The Labute approximate surface area is 445 Å². The normalized spacial score (nSPS) is 22.7. The van der Waals surface area contributed by atoms with Gasteiger partial charge in [0.25, 0.3) is 0 Å². The zero-order valence-electron chi connectivity index (χ0n) is 46.5. The van der Waals surface area contributed by atoms with Crippen molar-refractivity contribution in [3.05, 3.63) is 12.7 Å². The van der Waals surface area contributed by atoms with Gasteiger partial charge in [-0.3, -0.25) is 24.2 Å². The van der Waals surface area contributed by atoms with Crippen molar-refractivity contribution in [1.29, 1.82) is 0 Å². The van der Waals surface area contributed by atoms with E-state index in [0.717, 1.165) is 16.2 Å². The summed E-state index contributed by atoms with van der Waals surface area (Å²) in [6, 6.07) is -3.24. The minimum absolute atomic E-state index is 0.0447. The number of hydrogen-bond donors (Lipinski definition) is 4. The Balaban J connectivity index is 0.000000487. The van der Waals surface area contributed by atoms with Gasteiger partial charge in [-0.25, -0.2) is 43.3 Å². The fourth-order valence-corrected chi connectivity index (χ4v) is 7.71. The van der Waals surface area contributed by atoms with Crippen LogP contribution in [0.1, 0.15) is 161 Å². The Hall–Kier alpha value is -6.53. The second kappa shape index (κ2) is 31.5. The minimum Gasteiger partial charge on any atom is -0.480 e. The molecular formula is C51H83N5O20. The number of nitrogens with zero attached hydrogens (tertiary/aromatic N) is 3. The summed E-state index contributed by atoms with van der Waals surface area (Å²) in [5.41, 5.74) is -1.96. The van der Waals surface area contributed by atoms with E-state index in [9.17, 15) is 57.8 Å². The van der Waals surface area contributed by atoms with Gasteiger partial charge in [0.15, 0.2) is 0 Å². The molecule has 5 saturated heterocycles. The summed E-state index contributed by atoms with van der Waals surface area (Å²) in [5.74, 6) is -3.31. The number of amides is 6. The number of carbonyl (C=O) groups is 11. The van der Waals surface area contributed by atoms with Crippen molar-refractivity contribution in [2.24, 2.45) is 0 Å². The first-order chi connectivity index (χ1) is 35.2. The molecule has 7 atom stereocenters. The number of esters is 4. The summed E-state index contributed by atoms with van der Waals surface area (Å²) < 4.78 is 35.2. The lowest BCUT2D eigenvalue weighted by Crippen LogP contribution is -2.47. The molecule has 0 spiro atoms. The average molecular weight is 1090 g/mol. The van der Waals surface area contributed by atoms with Gasteiger partial charge in [-0.15, -0.1) is 6.58 Å². The number of aliphatic carboxylic acids is 1. The molecule has 0 radical (unpaired) electrons. The first kappa shape index (κ1) is 67.5. The van der Waals surface area contributed by atoms with Gasteiger partial charge >= 0.3 is 48.1 Å². The number of aliphatic hydroxyl groups is 1. The number of carboxylic acid groups (broad SMARTS) is 1. The molecule has 25 heteroatoms. The van der Waals surface area contributed by atoms with Crippen molar-refractivity contribution >= 4 is 65.8 Å². The lowest BCUT2D eigenvalue weighted by Gasteiger charge is -2.31. The third kappa shape index (κ3) is 23.6. The highest BCUT2D eigenvalue weighted by atomic mass is 16.6. The van der Waals surface area contributed by atoms with Crippen molar-refractivity contribution in [3.63, 3.8) is 0 Å². The van der Waals surface area contributed by atoms with E-state index in [1.807, 2.05) is 20.8 Å². The Morgan fingerprint density at radius 2 is 0.934 bits per heavy atom. The Kier molecular flexibility index (Phi) is 28.0. The zero-order chi connectivity index (χ0) is 58.3. The molecule has 5 heterocycles. The third-order valence-corrected chi connectivity index (χ3v) is 10.8. The second-order valence-electron chi connectivity index (χ2n) is 20.6. The topological polar surface area (TPSA) is 327 Å². The van der Waals surface area contributed by atoms with Crippen LogP contribution in [0.15, 0.2) is 12.7 Å². The van der Waals surface area contributed by atoms with Crippen LogP contribution in [0, 0.1) is 0 Å². The maximum atomic E-state index is 12.3. The molecule has 25 nitrogen and oxygen atoms in total. The number of carboxylic acids is 1. The molecule has 0 bridgehead atoms. The van der Waals surface area contributed by atoms with E-state index in [-0.39, 0.29) is 55.9 Å². The molecule has 0 aromatic rings. The van der Waals surface area contributed by atoms with E-state index < -0.39 is 95.3 Å². The van der Waals surface area contributed by atoms with Gasteiger partial charge in [-0.1, -0.05) is 6.08 Å². The third-order valence-electron chi connectivity index (χ3n) is 10.8. The van der Waals surface area contributed by atoms with E-state index in [4.69, 9.17) is 38.3 Å². The highest BCUT2D eigenvalue weighted by molar-refractivity contribution is 5.99. The number of imide groups is 1.